The Labute approximate surface area is 170 Å². The van der Waals surface area contributed by atoms with Crippen molar-refractivity contribution in [2.24, 2.45) is 0 Å². The number of carbonyl (C=O) groups is 1. The zero-order valence-electron chi connectivity index (χ0n) is 15.7. The summed E-state index contributed by atoms with van der Waals surface area (Å²) in [5, 5.41) is 3.82. The maximum absolute atomic E-state index is 12.8. The van der Waals surface area contributed by atoms with Crippen LogP contribution in [0.2, 0.25) is 5.02 Å². The largest absolute Gasteiger partial charge is 0.321 e. The van der Waals surface area contributed by atoms with Crippen LogP contribution in [-0.2, 0) is 5.75 Å². The van der Waals surface area contributed by atoms with E-state index in [2.05, 4.69) is 18.3 Å². The van der Waals surface area contributed by atoms with E-state index in [-0.39, 0.29) is 5.91 Å². The highest BCUT2D eigenvalue weighted by Crippen LogP contribution is 2.30. The molecule has 0 unspecified atom stereocenters. The van der Waals surface area contributed by atoms with Crippen LogP contribution in [0.15, 0.2) is 65.6 Å². The molecule has 0 fully saturated rings. The quantitative estimate of drug-likeness (QED) is 0.480. The van der Waals surface area contributed by atoms with Gasteiger partial charge < -0.3 is 5.32 Å². The summed E-state index contributed by atoms with van der Waals surface area (Å²) in [6.45, 7) is 6.07. The maximum Gasteiger partial charge on any atom is 0.255 e. The number of para-hydroxylation sites is 1. The summed E-state index contributed by atoms with van der Waals surface area (Å²) in [6, 6.07) is 19.8. The molecule has 0 atom stereocenters. The van der Waals surface area contributed by atoms with Crippen LogP contribution in [0.4, 0.5) is 5.69 Å². The summed E-state index contributed by atoms with van der Waals surface area (Å²) in [5.74, 6) is 0.738. The van der Waals surface area contributed by atoms with Gasteiger partial charge in [0.15, 0.2) is 0 Å². The van der Waals surface area contributed by atoms with E-state index >= 15 is 0 Å². The second-order valence-electron chi connectivity index (χ2n) is 6.62. The Balaban J connectivity index is 1.76. The Morgan fingerprint density at radius 1 is 0.926 bits per heavy atom. The average Bonchev–Trinajstić information content (AvgIpc) is 2.65. The summed E-state index contributed by atoms with van der Waals surface area (Å²) >= 11 is 7.64. The van der Waals surface area contributed by atoms with Crippen molar-refractivity contribution in [3.8, 4) is 0 Å². The number of rotatable bonds is 5. The first-order chi connectivity index (χ1) is 12.9. The third-order valence-corrected chi connectivity index (χ3v) is 5.92. The molecule has 138 valence electrons. The number of thioether (sulfide) groups is 1. The van der Waals surface area contributed by atoms with E-state index in [1.165, 1.54) is 11.1 Å². The van der Waals surface area contributed by atoms with Crippen molar-refractivity contribution in [2.75, 3.05) is 5.32 Å². The summed E-state index contributed by atoms with van der Waals surface area (Å²) in [4.78, 5) is 13.9. The molecule has 0 heterocycles. The number of hydrogen-bond acceptors (Lipinski definition) is 2. The zero-order valence-corrected chi connectivity index (χ0v) is 17.2. The van der Waals surface area contributed by atoms with Crippen LogP contribution in [0.5, 0.6) is 0 Å². The van der Waals surface area contributed by atoms with Crippen LogP contribution in [-0.4, -0.2) is 5.91 Å². The Morgan fingerprint density at radius 3 is 2.33 bits per heavy atom. The first-order valence-electron chi connectivity index (χ1n) is 8.79. The van der Waals surface area contributed by atoms with Crippen molar-refractivity contribution in [3.63, 3.8) is 0 Å². The highest BCUT2D eigenvalue weighted by atomic mass is 35.5. The van der Waals surface area contributed by atoms with Gasteiger partial charge in [0, 0.05) is 21.2 Å². The maximum atomic E-state index is 12.8. The van der Waals surface area contributed by atoms with Gasteiger partial charge in [-0.3, -0.25) is 4.79 Å². The van der Waals surface area contributed by atoms with Crippen LogP contribution in [0.3, 0.4) is 0 Å². The van der Waals surface area contributed by atoms with Gasteiger partial charge in [-0.1, -0.05) is 41.9 Å². The fourth-order valence-corrected chi connectivity index (χ4v) is 3.92. The second kappa shape index (κ2) is 8.64. The number of nitrogens with one attached hydrogen (secondary N) is 1. The molecule has 2 nitrogen and oxygen atoms in total. The van der Waals surface area contributed by atoms with E-state index in [0.29, 0.717) is 0 Å². The number of benzene rings is 3. The smallest absolute Gasteiger partial charge is 0.255 e. The number of hydrogen-bond donors (Lipinski definition) is 1. The normalized spacial score (nSPS) is 10.7. The first kappa shape index (κ1) is 19.5. The summed E-state index contributed by atoms with van der Waals surface area (Å²) in [7, 11) is 0. The zero-order chi connectivity index (χ0) is 19.4. The van der Waals surface area contributed by atoms with E-state index < -0.39 is 0 Å². The van der Waals surface area contributed by atoms with E-state index in [9.17, 15) is 4.79 Å². The van der Waals surface area contributed by atoms with E-state index in [1.807, 2.05) is 68.4 Å². The van der Waals surface area contributed by atoms with Gasteiger partial charge in [-0.2, -0.15) is 0 Å². The average molecular weight is 396 g/mol. The van der Waals surface area contributed by atoms with Crippen LogP contribution in [0.1, 0.15) is 32.6 Å². The standard InChI is InChI=1S/C23H22ClNOS/c1-15-12-17(3)20(13-16(15)2)23(26)25-21-6-4-5-7-22(21)27-14-18-8-10-19(24)11-9-18/h4-13H,14H2,1-3H3,(H,25,26). The third kappa shape index (κ3) is 4.94. The molecule has 0 spiro atoms. The van der Waals surface area contributed by atoms with Crippen LogP contribution in [0, 0.1) is 20.8 Å². The molecule has 0 aliphatic carbocycles. The minimum Gasteiger partial charge on any atom is -0.321 e. The molecule has 0 aromatic heterocycles. The number of halogens is 1. The van der Waals surface area contributed by atoms with Crippen LogP contribution in [0.25, 0.3) is 0 Å². The predicted molar refractivity (Wildman–Crippen MR) is 116 cm³/mol. The fourth-order valence-electron chi connectivity index (χ4n) is 2.83. The Kier molecular flexibility index (Phi) is 6.25. The molecule has 0 bridgehead atoms. The molecule has 0 saturated heterocycles. The van der Waals surface area contributed by atoms with Gasteiger partial charge in [-0.15, -0.1) is 11.8 Å². The molecule has 0 radical (unpaired) electrons. The van der Waals surface area contributed by atoms with Crippen molar-refractivity contribution in [1.82, 2.24) is 0 Å². The minimum atomic E-state index is -0.0739. The van der Waals surface area contributed by atoms with Gasteiger partial charge in [0.25, 0.3) is 5.91 Å². The Morgan fingerprint density at radius 2 is 1.59 bits per heavy atom. The van der Waals surface area contributed by atoms with Gasteiger partial charge in [-0.05, 0) is 73.4 Å². The first-order valence-corrected chi connectivity index (χ1v) is 10.2. The minimum absolute atomic E-state index is 0.0739. The predicted octanol–water partition coefficient (Wildman–Crippen LogP) is 6.81. The van der Waals surface area contributed by atoms with Gasteiger partial charge in [0.2, 0.25) is 0 Å². The molecule has 0 saturated carbocycles. The fraction of sp³-hybridized carbons (Fsp3) is 0.174. The molecular formula is C23H22ClNOS. The number of carbonyl (C=O) groups excluding carboxylic acids is 1. The second-order valence-corrected chi connectivity index (χ2v) is 8.07. The lowest BCUT2D eigenvalue weighted by molar-refractivity contribution is 0.102. The summed E-state index contributed by atoms with van der Waals surface area (Å²) in [5.41, 5.74) is 6.05. The molecule has 0 aliphatic heterocycles. The summed E-state index contributed by atoms with van der Waals surface area (Å²) < 4.78 is 0. The van der Waals surface area contributed by atoms with Crippen LogP contribution < -0.4 is 5.32 Å². The molecule has 3 aromatic rings. The lowest BCUT2D eigenvalue weighted by Gasteiger charge is -2.13. The molecule has 1 N–H and O–H groups in total. The number of aryl methyl sites for hydroxylation is 3. The van der Waals surface area contributed by atoms with E-state index in [0.717, 1.165) is 38.0 Å². The lowest BCUT2D eigenvalue weighted by Crippen LogP contribution is -2.14. The van der Waals surface area contributed by atoms with E-state index in [1.54, 1.807) is 11.8 Å². The van der Waals surface area contributed by atoms with Gasteiger partial charge in [0.1, 0.15) is 0 Å². The molecule has 4 heteroatoms. The van der Waals surface area contributed by atoms with Crippen molar-refractivity contribution in [1.29, 1.82) is 0 Å². The van der Waals surface area contributed by atoms with Crippen molar-refractivity contribution in [3.05, 3.63) is 93.5 Å². The molecule has 3 aromatic carbocycles. The topological polar surface area (TPSA) is 29.1 Å². The number of anilines is 1. The van der Waals surface area contributed by atoms with Crippen LogP contribution >= 0.6 is 23.4 Å². The SMILES string of the molecule is Cc1cc(C)c(C(=O)Nc2ccccc2SCc2ccc(Cl)cc2)cc1C. The lowest BCUT2D eigenvalue weighted by atomic mass is 10.0. The molecule has 3 rings (SSSR count). The van der Waals surface area contributed by atoms with Gasteiger partial charge in [-0.25, -0.2) is 0 Å². The Hall–Kier alpha value is -2.23. The highest BCUT2D eigenvalue weighted by molar-refractivity contribution is 7.98. The van der Waals surface area contributed by atoms with Crippen molar-refractivity contribution >= 4 is 35.0 Å². The van der Waals surface area contributed by atoms with Gasteiger partial charge >= 0.3 is 0 Å². The third-order valence-electron chi connectivity index (χ3n) is 4.53. The van der Waals surface area contributed by atoms with Crippen molar-refractivity contribution < 1.29 is 4.79 Å². The Bertz CT molecular complexity index is 967. The summed E-state index contributed by atoms with van der Waals surface area (Å²) in [6.07, 6.45) is 0. The monoisotopic (exact) mass is 395 g/mol. The van der Waals surface area contributed by atoms with Gasteiger partial charge in [0.05, 0.1) is 5.69 Å². The molecule has 27 heavy (non-hydrogen) atoms. The van der Waals surface area contributed by atoms with Crippen molar-refractivity contribution in [2.45, 2.75) is 31.4 Å². The highest BCUT2D eigenvalue weighted by Gasteiger charge is 2.13. The molecule has 0 aliphatic rings. The molecule has 1 amide bonds. The number of amides is 1. The molecular weight excluding hydrogens is 374 g/mol. The van der Waals surface area contributed by atoms with E-state index in [4.69, 9.17) is 11.6 Å².